The van der Waals surface area contributed by atoms with Crippen LogP contribution in [0.1, 0.15) is 46.6 Å². The number of ether oxygens (including phenoxy) is 2. The van der Waals surface area contributed by atoms with Crippen LogP contribution in [0.4, 0.5) is 15.0 Å². The van der Waals surface area contributed by atoms with E-state index in [4.69, 9.17) is 9.47 Å². The van der Waals surface area contributed by atoms with Gasteiger partial charge in [-0.25, -0.2) is 9.18 Å². The molecule has 31 heavy (non-hydrogen) atoms. The van der Waals surface area contributed by atoms with E-state index in [9.17, 15) is 14.0 Å². The molecule has 8 nitrogen and oxygen atoms in total. The first-order chi connectivity index (χ1) is 14.7. The fourth-order valence-corrected chi connectivity index (χ4v) is 3.28. The zero-order valence-electron chi connectivity index (χ0n) is 18.3. The molecule has 0 radical (unpaired) electrons. The highest BCUT2D eigenvalue weighted by Crippen LogP contribution is 2.24. The second-order valence-corrected chi connectivity index (χ2v) is 8.48. The Morgan fingerprint density at radius 1 is 1.29 bits per heavy atom. The van der Waals surface area contributed by atoms with Crippen LogP contribution in [0, 0.1) is 5.82 Å². The predicted molar refractivity (Wildman–Crippen MR) is 113 cm³/mol. The summed E-state index contributed by atoms with van der Waals surface area (Å²) in [5.74, 6) is -0.522. The maximum absolute atomic E-state index is 13.8. The van der Waals surface area contributed by atoms with Gasteiger partial charge in [-0.05, 0) is 45.7 Å². The molecule has 0 saturated carbocycles. The highest BCUT2D eigenvalue weighted by atomic mass is 19.1. The van der Waals surface area contributed by atoms with E-state index in [2.05, 4.69) is 10.4 Å². The number of para-hydroxylation sites is 1. The number of hydrogen-bond acceptors (Lipinski definition) is 5. The monoisotopic (exact) mass is 432 g/mol. The second kappa shape index (κ2) is 9.36. The Morgan fingerprint density at radius 2 is 2.03 bits per heavy atom. The number of hydrogen-bond donors (Lipinski definition) is 1. The number of aromatic nitrogens is 2. The Hall–Kier alpha value is -3.10. The van der Waals surface area contributed by atoms with Crippen molar-refractivity contribution in [3.63, 3.8) is 0 Å². The zero-order valence-corrected chi connectivity index (χ0v) is 18.3. The van der Waals surface area contributed by atoms with Gasteiger partial charge < -0.3 is 19.7 Å². The predicted octanol–water partition coefficient (Wildman–Crippen LogP) is 4.00. The highest BCUT2D eigenvalue weighted by molar-refractivity contribution is 5.93. The second-order valence-electron chi connectivity index (χ2n) is 8.48. The summed E-state index contributed by atoms with van der Waals surface area (Å²) in [6.45, 7) is 8.35. The maximum Gasteiger partial charge on any atom is 0.410 e. The van der Waals surface area contributed by atoms with Crippen LogP contribution in [0.5, 0.6) is 5.75 Å². The van der Waals surface area contributed by atoms with Crippen LogP contribution >= 0.6 is 0 Å². The molecule has 2 heterocycles. The molecular formula is C22H29FN4O4. The van der Waals surface area contributed by atoms with E-state index in [-0.39, 0.29) is 17.9 Å². The van der Waals surface area contributed by atoms with Gasteiger partial charge in [0.1, 0.15) is 5.60 Å². The lowest BCUT2D eigenvalue weighted by molar-refractivity contribution is -0.122. The van der Waals surface area contributed by atoms with E-state index < -0.39 is 23.4 Å². The Labute approximate surface area is 181 Å². The van der Waals surface area contributed by atoms with Gasteiger partial charge >= 0.3 is 6.09 Å². The Kier molecular flexibility index (Phi) is 6.82. The van der Waals surface area contributed by atoms with Crippen molar-refractivity contribution in [1.82, 2.24) is 14.7 Å². The van der Waals surface area contributed by atoms with E-state index in [1.807, 2.05) is 20.8 Å². The molecule has 1 aliphatic heterocycles. The minimum absolute atomic E-state index is 0.00481. The molecule has 2 atom stereocenters. The molecule has 1 aliphatic rings. The van der Waals surface area contributed by atoms with Crippen molar-refractivity contribution in [2.45, 2.75) is 58.3 Å². The number of carbonyl (C=O) groups is 2. The molecule has 0 bridgehead atoms. The lowest BCUT2D eigenvalue weighted by Crippen LogP contribution is -2.35. The van der Waals surface area contributed by atoms with Gasteiger partial charge in [-0.15, -0.1) is 0 Å². The smallest absolute Gasteiger partial charge is 0.410 e. The Morgan fingerprint density at radius 3 is 2.71 bits per heavy atom. The molecule has 1 saturated heterocycles. The van der Waals surface area contributed by atoms with Crippen molar-refractivity contribution in [2.75, 3.05) is 18.4 Å². The number of nitrogens with one attached hydrogen (secondary N) is 1. The van der Waals surface area contributed by atoms with Crippen LogP contribution in [-0.2, 0) is 9.53 Å². The number of rotatable bonds is 6. The van der Waals surface area contributed by atoms with Gasteiger partial charge in [0.15, 0.2) is 23.5 Å². The third-order valence-corrected chi connectivity index (χ3v) is 4.82. The molecule has 1 N–H and O–H groups in total. The summed E-state index contributed by atoms with van der Waals surface area (Å²) < 4.78 is 26.5. The van der Waals surface area contributed by atoms with Gasteiger partial charge in [0.25, 0.3) is 5.91 Å². The van der Waals surface area contributed by atoms with Crippen molar-refractivity contribution in [3.8, 4) is 5.75 Å². The van der Waals surface area contributed by atoms with Gasteiger partial charge in [0.2, 0.25) is 0 Å². The number of anilines is 1. The zero-order chi connectivity index (χ0) is 22.6. The van der Waals surface area contributed by atoms with E-state index in [0.717, 1.165) is 6.42 Å². The van der Waals surface area contributed by atoms with Gasteiger partial charge in [-0.2, -0.15) is 5.10 Å². The molecular weight excluding hydrogens is 403 g/mol. The number of likely N-dealkylation sites (tertiary alicyclic amines) is 1. The average Bonchev–Trinajstić information content (AvgIpc) is 3.35. The van der Waals surface area contributed by atoms with Crippen LogP contribution in [0.15, 0.2) is 36.5 Å². The summed E-state index contributed by atoms with van der Waals surface area (Å²) >= 11 is 0. The molecule has 1 fully saturated rings. The van der Waals surface area contributed by atoms with Crippen LogP contribution in [0.3, 0.4) is 0 Å². The quantitative estimate of drug-likeness (QED) is 0.746. The number of nitrogens with zero attached hydrogens (tertiary/aromatic N) is 3. The number of amides is 2. The van der Waals surface area contributed by atoms with Gasteiger partial charge in [-0.3, -0.25) is 9.48 Å². The summed E-state index contributed by atoms with van der Waals surface area (Å²) in [4.78, 5) is 26.5. The molecule has 1 aromatic carbocycles. The van der Waals surface area contributed by atoms with Gasteiger partial charge in [0.05, 0.1) is 6.04 Å². The van der Waals surface area contributed by atoms with Crippen molar-refractivity contribution in [1.29, 1.82) is 0 Å². The number of benzene rings is 1. The highest BCUT2D eigenvalue weighted by Gasteiger charge is 2.31. The first-order valence-electron chi connectivity index (χ1n) is 10.4. The minimum Gasteiger partial charge on any atom is -0.478 e. The van der Waals surface area contributed by atoms with E-state index in [1.165, 1.54) is 12.1 Å². The topological polar surface area (TPSA) is 85.7 Å². The minimum atomic E-state index is -0.851. The molecule has 0 aliphatic carbocycles. The van der Waals surface area contributed by atoms with Crippen molar-refractivity contribution in [3.05, 3.63) is 42.3 Å². The summed E-state index contributed by atoms with van der Waals surface area (Å²) in [5.41, 5.74) is -0.543. The van der Waals surface area contributed by atoms with E-state index >= 15 is 0 Å². The van der Waals surface area contributed by atoms with E-state index in [0.29, 0.717) is 25.3 Å². The molecule has 3 rings (SSSR count). The lowest BCUT2D eigenvalue weighted by atomic mass is 10.2. The summed E-state index contributed by atoms with van der Waals surface area (Å²) in [5, 5.41) is 7.14. The fourth-order valence-electron chi connectivity index (χ4n) is 3.28. The van der Waals surface area contributed by atoms with Gasteiger partial charge in [-0.1, -0.05) is 19.1 Å². The molecule has 0 unspecified atom stereocenters. The first-order valence-corrected chi connectivity index (χ1v) is 10.4. The van der Waals surface area contributed by atoms with Crippen LogP contribution < -0.4 is 10.1 Å². The fraction of sp³-hybridized carbons (Fsp3) is 0.500. The number of halogens is 1. The number of carbonyl (C=O) groups excluding carboxylic acids is 2. The normalized spacial score (nSPS) is 17.3. The van der Waals surface area contributed by atoms with Crippen LogP contribution in [0.25, 0.3) is 0 Å². The molecule has 9 heteroatoms. The summed E-state index contributed by atoms with van der Waals surface area (Å²) in [6, 6.07) is 7.65. The van der Waals surface area contributed by atoms with Crippen LogP contribution in [0.2, 0.25) is 0 Å². The van der Waals surface area contributed by atoms with Crippen molar-refractivity contribution in [2.24, 2.45) is 0 Å². The lowest BCUT2D eigenvalue weighted by Gasteiger charge is -2.24. The summed E-state index contributed by atoms with van der Waals surface area (Å²) in [7, 11) is 0. The molecule has 0 spiro atoms. The molecule has 2 amide bonds. The molecule has 2 aromatic rings. The molecule has 1 aromatic heterocycles. The standard InChI is InChI=1S/C22H29FN4O4/c1-5-17(30-18-9-7-6-8-16(18)23)20(28)24-19-11-13-27(25-19)15-10-12-26(14-15)21(29)31-22(2,3)4/h6-9,11,13,15,17H,5,10,12,14H2,1-4H3,(H,24,25,28)/t15-,17+/m0/s1. The van der Waals surface area contributed by atoms with Crippen molar-refractivity contribution < 1.29 is 23.5 Å². The molecule has 168 valence electrons. The third-order valence-electron chi connectivity index (χ3n) is 4.82. The Balaban J connectivity index is 1.57. The van der Waals surface area contributed by atoms with Crippen LogP contribution in [-0.4, -0.2) is 51.5 Å². The van der Waals surface area contributed by atoms with Gasteiger partial charge in [0, 0.05) is 25.4 Å². The SMILES string of the molecule is CC[C@@H](Oc1ccccc1F)C(=O)Nc1ccn([C@H]2CCN(C(=O)OC(C)(C)C)C2)n1. The third kappa shape index (κ3) is 5.96. The largest absolute Gasteiger partial charge is 0.478 e. The average molecular weight is 432 g/mol. The first kappa shape index (κ1) is 22.6. The van der Waals surface area contributed by atoms with E-state index in [1.54, 1.807) is 40.9 Å². The Bertz CT molecular complexity index is 924. The van der Waals surface area contributed by atoms with Crippen molar-refractivity contribution >= 4 is 17.8 Å². The maximum atomic E-state index is 13.8. The summed E-state index contributed by atoms with van der Waals surface area (Å²) in [6.07, 6.45) is 1.68.